The van der Waals surface area contributed by atoms with Crippen LogP contribution in [0.25, 0.3) is 0 Å². The fraction of sp³-hybridized carbons (Fsp3) is 0.273. The Bertz CT molecular complexity index is 1040. The summed E-state index contributed by atoms with van der Waals surface area (Å²) in [4.78, 5) is -0.415. The largest absolute Gasteiger partial charge is 0.361 e. The molecule has 0 amide bonds. The molecule has 24 heavy (non-hydrogen) atoms. The Balaban J connectivity index is 2.16. The number of nitrogens with zero attached hydrogens (tertiary/aromatic N) is 2. The lowest BCUT2D eigenvalue weighted by Crippen LogP contribution is -2.39. The molecule has 0 aliphatic carbocycles. The van der Waals surface area contributed by atoms with Gasteiger partial charge in [0.25, 0.3) is 5.69 Å². The molecule has 0 saturated carbocycles. The number of aromatic nitrogens is 2. The first kappa shape index (κ1) is 16.6. The standard InChI is InChI=1S/C11H13N5O6S2/c1-5-3-7-9(4-8(5)23(12,18)19)24(20,21)15-11(13-7)10-6(2)16(17)22-14-10/h3-4,11,13,15H,1-2H3,(H2,12,18,19). The smallest absolute Gasteiger partial charge is 0.258 e. The van der Waals surface area contributed by atoms with Crippen molar-refractivity contribution in [2.75, 3.05) is 5.32 Å². The van der Waals surface area contributed by atoms with Crippen LogP contribution in [0.15, 0.2) is 26.6 Å². The van der Waals surface area contributed by atoms with Gasteiger partial charge in [0.05, 0.1) is 10.6 Å². The minimum atomic E-state index is -4.08. The number of hydrogen-bond donors (Lipinski definition) is 3. The van der Waals surface area contributed by atoms with Crippen LogP contribution in [0.4, 0.5) is 5.69 Å². The van der Waals surface area contributed by atoms with Gasteiger partial charge in [-0.25, -0.2) is 22.0 Å². The van der Waals surface area contributed by atoms with Gasteiger partial charge in [-0.2, -0.15) is 4.72 Å². The van der Waals surface area contributed by atoms with Crippen molar-refractivity contribution in [3.05, 3.63) is 34.3 Å². The normalized spacial score (nSPS) is 19.5. The Morgan fingerprint density at radius 2 is 2.04 bits per heavy atom. The molecule has 2 heterocycles. The zero-order valence-electron chi connectivity index (χ0n) is 12.5. The fourth-order valence-corrected chi connectivity index (χ4v) is 4.55. The Labute approximate surface area is 137 Å². The van der Waals surface area contributed by atoms with Gasteiger partial charge in [0.2, 0.25) is 20.0 Å². The summed E-state index contributed by atoms with van der Waals surface area (Å²) in [6.45, 7) is 2.90. The summed E-state index contributed by atoms with van der Waals surface area (Å²) in [7, 11) is -8.15. The number of benzene rings is 1. The van der Waals surface area contributed by atoms with Gasteiger partial charge < -0.3 is 10.5 Å². The lowest BCUT2D eigenvalue weighted by molar-refractivity contribution is -0.806. The van der Waals surface area contributed by atoms with E-state index >= 15 is 0 Å². The van der Waals surface area contributed by atoms with Crippen LogP contribution in [0.1, 0.15) is 23.1 Å². The minimum absolute atomic E-state index is 0.0624. The molecule has 130 valence electrons. The van der Waals surface area contributed by atoms with Crippen molar-refractivity contribution in [2.24, 2.45) is 5.14 Å². The molecule has 1 aromatic carbocycles. The van der Waals surface area contributed by atoms with Crippen LogP contribution in [0.3, 0.4) is 0 Å². The second kappa shape index (κ2) is 5.14. The quantitative estimate of drug-likeness (QED) is 0.559. The van der Waals surface area contributed by atoms with Crippen molar-refractivity contribution in [3.8, 4) is 0 Å². The Morgan fingerprint density at radius 1 is 1.38 bits per heavy atom. The van der Waals surface area contributed by atoms with Crippen LogP contribution in [0.5, 0.6) is 0 Å². The summed E-state index contributed by atoms with van der Waals surface area (Å²) >= 11 is 0. The average molecular weight is 375 g/mol. The topological polar surface area (TPSA) is 171 Å². The molecule has 0 radical (unpaired) electrons. The molecule has 3 rings (SSSR count). The molecule has 1 aliphatic rings. The van der Waals surface area contributed by atoms with E-state index in [1.807, 2.05) is 0 Å². The Kier molecular flexibility index (Phi) is 3.56. The first-order valence-corrected chi connectivity index (χ1v) is 9.56. The highest BCUT2D eigenvalue weighted by molar-refractivity contribution is 7.90. The summed E-state index contributed by atoms with van der Waals surface area (Å²) in [5.74, 6) is 0. The molecule has 13 heteroatoms. The maximum absolute atomic E-state index is 12.4. The fourth-order valence-electron chi connectivity index (χ4n) is 2.40. The van der Waals surface area contributed by atoms with E-state index in [-0.39, 0.29) is 37.3 Å². The van der Waals surface area contributed by atoms with E-state index in [0.29, 0.717) is 0 Å². The predicted molar refractivity (Wildman–Crippen MR) is 79.4 cm³/mol. The molecule has 1 atom stereocenters. The van der Waals surface area contributed by atoms with Gasteiger partial charge in [0.1, 0.15) is 4.90 Å². The summed E-state index contributed by atoms with van der Waals surface area (Å²) < 4.78 is 54.7. The highest BCUT2D eigenvalue weighted by atomic mass is 32.2. The van der Waals surface area contributed by atoms with Crippen LogP contribution in [0.2, 0.25) is 0 Å². The second-order valence-electron chi connectivity index (χ2n) is 5.26. The molecule has 0 bridgehead atoms. The molecule has 11 nitrogen and oxygen atoms in total. The van der Waals surface area contributed by atoms with E-state index < -0.39 is 26.2 Å². The molecule has 1 unspecified atom stereocenters. The highest BCUT2D eigenvalue weighted by Gasteiger charge is 2.36. The first-order valence-electron chi connectivity index (χ1n) is 6.53. The van der Waals surface area contributed by atoms with Crippen LogP contribution in [-0.4, -0.2) is 22.0 Å². The van der Waals surface area contributed by atoms with Gasteiger partial charge in [0, 0.05) is 12.1 Å². The van der Waals surface area contributed by atoms with Crippen LogP contribution in [0, 0.1) is 19.1 Å². The van der Waals surface area contributed by atoms with E-state index in [9.17, 15) is 22.0 Å². The summed E-state index contributed by atoms with van der Waals surface area (Å²) in [5, 5.41) is 22.8. The number of sulfonamides is 2. The maximum Gasteiger partial charge on any atom is 0.258 e. The third kappa shape index (κ3) is 2.60. The maximum atomic E-state index is 12.4. The number of nitrogens with one attached hydrogen (secondary N) is 2. The van der Waals surface area contributed by atoms with Crippen molar-refractivity contribution in [1.29, 1.82) is 0 Å². The highest BCUT2D eigenvalue weighted by Crippen LogP contribution is 2.34. The number of primary sulfonamides is 1. The van der Waals surface area contributed by atoms with Crippen molar-refractivity contribution in [2.45, 2.75) is 29.8 Å². The number of nitrogens with two attached hydrogens (primary N) is 1. The molecule has 1 aliphatic heterocycles. The zero-order chi connectivity index (χ0) is 17.9. The minimum Gasteiger partial charge on any atom is -0.361 e. The number of aryl methyl sites for hydroxylation is 1. The van der Waals surface area contributed by atoms with Gasteiger partial charge in [0.15, 0.2) is 11.9 Å². The lowest BCUT2D eigenvalue weighted by Gasteiger charge is -2.26. The van der Waals surface area contributed by atoms with Crippen molar-refractivity contribution in [1.82, 2.24) is 9.88 Å². The molecule has 0 saturated heterocycles. The molecular formula is C11H13N5O6S2. The lowest BCUT2D eigenvalue weighted by atomic mass is 10.2. The number of hydrogen-bond acceptors (Lipinski definition) is 8. The van der Waals surface area contributed by atoms with E-state index in [0.717, 1.165) is 6.07 Å². The number of fused-ring (bicyclic) bond motifs is 1. The SMILES string of the molecule is Cc1cc2c(cc1S(N)(=O)=O)S(=O)(=O)NC(c1no[n+]([O-])c1C)N2. The van der Waals surface area contributed by atoms with E-state index in [1.165, 1.54) is 19.9 Å². The van der Waals surface area contributed by atoms with Gasteiger partial charge in [-0.3, -0.25) is 4.63 Å². The number of anilines is 1. The monoisotopic (exact) mass is 375 g/mol. The van der Waals surface area contributed by atoms with Gasteiger partial charge in [-0.05, 0) is 29.5 Å². The van der Waals surface area contributed by atoms with Crippen LogP contribution < -0.4 is 20.1 Å². The van der Waals surface area contributed by atoms with E-state index in [4.69, 9.17) is 5.14 Å². The molecule has 4 N–H and O–H groups in total. The second-order valence-corrected chi connectivity index (χ2v) is 8.47. The molecular weight excluding hydrogens is 362 g/mol. The Morgan fingerprint density at radius 3 is 2.58 bits per heavy atom. The summed E-state index contributed by atoms with van der Waals surface area (Å²) in [6.07, 6.45) is -1.04. The van der Waals surface area contributed by atoms with Crippen molar-refractivity contribution in [3.63, 3.8) is 0 Å². The van der Waals surface area contributed by atoms with Crippen LogP contribution >= 0.6 is 0 Å². The zero-order valence-corrected chi connectivity index (χ0v) is 14.1. The Hall–Kier alpha value is -2.22. The van der Waals surface area contributed by atoms with E-state index in [1.54, 1.807) is 0 Å². The summed E-state index contributed by atoms with van der Waals surface area (Å²) in [6, 6.07) is 2.33. The van der Waals surface area contributed by atoms with E-state index in [2.05, 4.69) is 19.8 Å². The third-order valence-electron chi connectivity index (χ3n) is 3.58. The van der Waals surface area contributed by atoms with Crippen molar-refractivity contribution < 1.29 is 26.4 Å². The molecule has 1 aromatic heterocycles. The molecule has 0 spiro atoms. The predicted octanol–water partition coefficient (Wildman–Crippen LogP) is -1.03. The molecule has 0 fully saturated rings. The average Bonchev–Trinajstić information content (AvgIpc) is 2.76. The summed E-state index contributed by atoms with van der Waals surface area (Å²) in [5.41, 5.74) is 0.572. The van der Waals surface area contributed by atoms with Crippen LogP contribution in [-0.2, 0) is 20.0 Å². The third-order valence-corrected chi connectivity index (χ3v) is 6.09. The van der Waals surface area contributed by atoms with Crippen molar-refractivity contribution >= 4 is 25.7 Å². The van der Waals surface area contributed by atoms with Gasteiger partial charge in [-0.15, -0.1) is 0 Å². The molecule has 2 aromatic rings. The number of rotatable bonds is 2. The first-order chi connectivity index (χ1) is 11.0. The van der Waals surface area contributed by atoms with Gasteiger partial charge >= 0.3 is 0 Å². The van der Waals surface area contributed by atoms with Gasteiger partial charge in [-0.1, -0.05) is 0 Å².